The fraction of sp³-hybridized carbons (Fsp3) is 0.304. The molecule has 2 aromatic heterocycles. The van der Waals surface area contributed by atoms with Gasteiger partial charge in [-0.25, -0.2) is 8.91 Å². The molecule has 1 saturated heterocycles. The van der Waals surface area contributed by atoms with Gasteiger partial charge < -0.3 is 15.0 Å². The van der Waals surface area contributed by atoms with Crippen LogP contribution in [0.2, 0.25) is 0 Å². The van der Waals surface area contributed by atoms with Gasteiger partial charge in [0.25, 0.3) is 5.91 Å². The van der Waals surface area contributed by atoms with E-state index in [0.717, 1.165) is 25.1 Å². The Bertz CT molecular complexity index is 1090. The zero-order chi connectivity index (χ0) is 21.8. The molecule has 0 spiro atoms. The molecular weight excluding hydrogens is 383 g/mol. The number of ether oxygens (including phenoxy) is 1. The maximum Gasteiger partial charge on any atom is 0.255 e. The number of amides is 1. The standard InChI is InChI=1S/C21H21FN4O2.C2H6/c1-13(2)24-15-5-6-18(17(22)11-15)28-19-7-8-23-26-12-16(14(3)20(19)26)21(27)25-9-4-10-25;1-2/h5-8,11-12,24H,1,4,9-10H2,2-3H3;1-2H3. The van der Waals surface area contributed by atoms with E-state index in [9.17, 15) is 9.18 Å². The fourth-order valence-electron chi connectivity index (χ4n) is 3.24. The predicted molar refractivity (Wildman–Crippen MR) is 117 cm³/mol. The summed E-state index contributed by atoms with van der Waals surface area (Å²) in [5.74, 6) is 0.0233. The summed E-state index contributed by atoms with van der Waals surface area (Å²) in [5.41, 5.74) is 3.31. The van der Waals surface area contributed by atoms with Gasteiger partial charge in [0.15, 0.2) is 17.3 Å². The number of carbonyl (C=O) groups excluding carboxylic acids is 1. The van der Waals surface area contributed by atoms with Gasteiger partial charge in [-0.15, -0.1) is 0 Å². The largest absolute Gasteiger partial charge is 0.452 e. The Labute approximate surface area is 176 Å². The first-order chi connectivity index (χ1) is 14.4. The molecule has 158 valence electrons. The summed E-state index contributed by atoms with van der Waals surface area (Å²) < 4.78 is 22.0. The second-order valence-electron chi connectivity index (χ2n) is 6.95. The molecule has 0 radical (unpaired) electrons. The van der Waals surface area contributed by atoms with E-state index in [0.29, 0.717) is 28.2 Å². The number of rotatable bonds is 5. The lowest BCUT2D eigenvalue weighted by molar-refractivity contribution is 0.0651. The Balaban J connectivity index is 0.00000124. The third-order valence-electron chi connectivity index (χ3n) is 4.77. The highest BCUT2D eigenvalue weighted by molar-refractivity contribution is 5.98. The van der Waals surface area contributed by atoms with Crippen molar-refractivity contribution in [2.24, 2.45) is 0 Å². The van der Waals surface area contributed by atoms with E-state index in [1.54, 1.807) is 46.9 Å². The summed E-state index contributed by atoms with van der Waals surface area (Å²) in [5, 5.41) is 7.24. The van der Waals surface area contributed by atoms with E-state index in [1.807, 2.05) is 20.8 Å². The molecule has 0 bridgehead atoms. The van der Waals surface area contributed by atoms with Crippen molar-refractivity contribution in [3.63, 3.8) is 0 Å². The van der Waals surface area contributed by atoms with Crippen molar-refractivity contribution in [1.29, 1.82) is 0 Å². The number of fused-ring (bicyclic) bond motifs is 1. The zero-order valence-corrected chi connectivity index (χ0v) is 17.8. The number of nitrogens with zero attached hydrogens (tertiary/aromatic N) is 3. The Morgan fingerprint density at radius 3 is 2.57 bits per heavy atom. The molecule has 30 heavy (non-hydrogen) atoms. The van der Waals surface area contributed by atoms with Gasteiger partial charge in [0, 0.05) is 42.8 Å². The smallest absolute Gasteiger partial charge is 0.255 e. The lowest BCUT2D eigenvalue weighted by Gasteiger charge is -2.30. The minimum absolute atomic E-state index is 0.0124. The third-order valence-corrected chi connectivity index (χ3v) is 4.77. The van der Waals surface area contributed by atoms with E-state index >= 15 is 0 Å². The van der Waals surface area contributed by atoms with Gasteiger partial charge in [0.1, 0.15) is 5.52 Å². The Kier molecular flexibility index (Phi) is 6.40. The van der Waals surface area contributed by atoms with E-state index in [4.69, 9.17) is 4.74 Å². The van der Waals surface area contributed by atoms with Gasteiger partial charge in [0.05, 0.1) is 11.8 Å². The van der Waals surface area contributed by atoms with Crippen LogP contribution in [0, 0.1) is 12.7 Å². The van der Waals surface area contributed by atoms with Crippen LogP contribution in [0.15, 0.2) is 48.9 Å². The summed E-state index contributed by atoms with van der Waals surface area (Å²) in [6.45, 7) is 12.9. The number of hydrogen-bond acceptors (Lipinski definition) is 4. The highest BCUT2D eigenvalue weighted by Crippen LogP contribution is 2.33. The maximum atomic E-state index is 14.5. The quantitative estimate of drug-likeness (QED) is 0.613. The van der Waals surface area contributed by atoms with Crippen molar-refractivity contribution in [3.8, 4) is 11.5 Å². The first-order valence-corrected chi connectivity index (χ1v) is 10.1. The van der Waals surface area contributed by atoms with Gasteiger partial charge in [-0.3, -0.25) is 4.79 Å². The van der Waals surface area contributed by atoms with Crippen LogP contribution >= 0.6 is 0 Å². The third kappa shape index (κ3) is 4.15. The highest BCUT2D eigenvalue weighted by atomic mass is 19.1. The average Bonchev–Trinajstić information content (AvgIpc) is 3.01. The summed E-state index contributed by atoms with van der Waals surface area (Å²) >= 11 is 0. The second kappa shape index (κ2) is 8.98. The molecule has 3 heterocycles. The first kappa shape index (κ1) is 21.4. The monoisotopic (exact) mass is 410 g/mol. The zero-order valence-electron chi connectivity index (χ0n) is 17.8. The molecule has 1 amide bonds. The SMILES string of the molecule is C=C(C)Nc1ccc(Oc2ccnn3cc(C(=O)N4CCC4)c(C)c23)c(F)c1.CC. The number of anilines is 1. The van der Waals surface area contributed by atoms with Crippen LogP contribution < -0.4 is 10.1 Å². The van der Waals surface area contributed by atoms with Crippen LogP contribution in [0.3, 0.4) is 0 Å². The van der Waals surface area contributed by atoms with Crippen molar-refractivity contribution in [2.45, 2.75) is 34.1 Å². The van der Waals surface area contributed by atoms with Crippen LogP contribution in [0.5, 0.6) is 11.5 Å². The molecule has 0 atom stereocenters. The first-order valence-electron chi connectivity index (χ1n) is 10.1. The molecule has 1 aliphatic rings. The van der Waals surface area contributed by atoms with Crippen LogP contribution in [0.25, 0.3) is 5.52 Å². The number of nitrogens with one attached hydrogen (secondary N) is 1. The topological polar surface area (TPSA) is 58.9 Å². The minimum Gasteiger partial charge on any atom is -0.452 e. The van der Waals surface area contributed by atoms with Gasteiger partial charge in [0.2, 0.25) is 0 Å². The van der Waals surface area contributed by atoms with Crippen molar-refractivity contribution < 1.29 is 13.9 Å². The molecule has 0 aliphatic carbocycles. The van der Waals surface area contributed by atoms with Crippen molar-refractivity contribution in [3.05, 3.63) is 65.9 Å². The van der Waals surface area contributed by atoms with E-state index in [2.05, 4.69) is 17.0 Å². The molecule has 4 rings (SSSR count). The van der Waals surface area contributed by atoms with E-state index in [1.165, 1.54) is 6.07 Å². The number of aromatic nitrogens is 2. The predicted octanol–water partition coefficient (Wildman–Crippen LogP) is 5.39. The van der Waals surface area contributed by atoms with Gasteiger partial charge in [-0.2, -0.15) is 5.10 Å². The minimum atomic E-state index is -0.498. The van der Waals surface area contributed by atoms with Gasteiger partial charge in [-0.05, 0) is 38.0 Å². The summed E-state index contributed by atoms with van der Waals surface area (Å²) in [6.07, 6.45) is 4.29. The maximum absolute atomic E-state index is 14.5. The van der Waals surface area contributed by atoms with Crippen LogP contribution in [0.4, 0.5) is 10.1 Å². The van der Waals surface area contributed by atoms with Crippen molar-refractivity contribution in [1.82, 2.24) is 14.5 Å². The lowest BCUT2D eigenvalue weighted by Crippen LogP contribution is -2.42. The molecule has 0 unspecified atom stereocenters. The van der Waals surface area contributed by atoms with Crippen molar-refractivity contribution in [2.75, 3.05) is 18.4 Å². The number of carbonyl (C=O) groups is 1. The number of aryl methyl sites for hydroxylation is 1. The number of halogens is 1. The average molecular weight is 410 g/mol. The second-order valence-corrected chi connectivity index (χ2v) is 6.95. The molecule has 1 aromatic carbocycles. The summed E-state index contributed by atoms with van der Waals surface area (Å²) in [4.78, 5) is 14.4. The van der Waals surface area contributed by atoms with E-state index in [-0.39, 0.29) is 11.7 Å². The molecule has 1 N–H and O–H groups in total. The number of likely N-dealkylation sites (tertiary alicyclic amines) is 1. The summed E-state index contributed by atoms with van der Waals surface area (Å²) in [6, 6.07) is 6.29. The molecular formula is C23H27FN4O2. The number of benzene rings is 1. The van der Waals surface area contributed by atoms with Crippen LogP contribution in [0.1, 0.15) is 43.1 Å². The molecule has 0 saturated carbocycles. The molecule has 1 fully saturated rings. The summed E-state index contributed by atoms with van der Waals surface area (Å²) in [7, 11) is 0. The number of allylic oxidation sites excluding steroid dienone is 1. The normalized spacial score (nSPS) is 12.6. The fourth-order valence-corrected chi connectivity index (χ4v) is 3.24. The molecule has 1 aliphatic heterocycles. The Morgan fingerprint density at radius 1 is 1.23 bits per heavy atom. The lowest BCUT2D eigenvalue weighted by atomic mass is 10.1. The van der Waals surface area contributed by atoms with E-state index < -0.39 is 5.82 Å². The molecule has 3 aromatic rings. The van der Waals surface area contributed by atoms with Crippen molar-refractivity contribution >= 4 is 17.1 Å². The van der Waals surface area contributed by atoms with Crippen LogP contribution in [-0.2, 0) is 0 Å². The molecule has 7 heteroatoms. The molecule has 6 nitrogen and oxygen atoms in total. The number of hydrogen-bond donors (Lipinski definition) is 1. The van der Waals surface area contributed by atoms with Gasteiger partial charge in [-0.1, -0.05) is 20.4 Å². The highest BCUT2D eigenvalue weighted by Gasteiger charge is 2.26. The Hall–Kier alpha value is -3.35. The van der Waals surface area contributed by atoms with Crippen LogP contribution in [-0.4, -0.2) is 33.5 Å². The van der Waals surface area contributed by atoms with Gasteiger partial charge >= 0.3 is 0 Å². The Morgan fingerprint density at radius 2 is 1.97 bits per heavy atom.